The van der Waals surface area contributed by atoms with Crippen LogP contribution in [0.2, 0.25) is 5.02 Å². The van der Waals surface area contributed by atoms with Gasteiger partial charge < -0.3 is 4.90 Å². The number of aryl methyl sites for hydroxylation is 2. The van der Waals surface area contributed by atoms with E-state index < -0.39 is 0 Å². The summed E-state index contributed by atoms with van der Waals surface area (Å²) in [5.41, 5.74) is 2.37. The van der Waals surface area contributed by atoms with Crippen molar-refractivity contribution in [1.29, 1.82) is 0 Å². The SMILES string of the molecule is CCn1ncc(CN(C)C(=O)c2nn(C)cc2Cl)c1C. The second-order valence-electron chi connectivity index (χ2n) is 4.73. The summed E-state index contributed by atoms with van der Waals surface area (Å²) >= 11 is 6.00. The molecule has 0 aliphatic carbocycles. The lowest BCUT2D eigenvalue weighted by Gasteiger charge is -2.16. The highest BCUT2D eigenvalue weighted by Gasteiger charge is 2.20. The third-order valence-corrected chi connectivity index (χ3v) is 3.52. The highest BCUT2D eigenvalue weighted by molar-refractivity contribution is 6.33. The van der Waals surface area contributed by atoms with Crippen LogP contribution in [-0.2, 0) is 20.1 Å². The van der Waals surface area contributed by atoms with Crippen molar-refractivity contribution in [1.82, 2.24) is 24.5 Å². The third-order valence-electron chi connectivity index (χ3n) is 3.25. The fourth-order valence-corrected chi connectivity index (χ4v) is 2.33. The van der Waals surface area contributed by atoms with Crippen molar-refractivity contribution >= 4 is 17.5 Å². The number of nitrogens with zero attached hydrogens (tertiary/aromatic N) is 5. The molecule has 7 heteroatoms. The van der Waals surface area contributed by atoms with Gasteiger partial charge in [-0.1, -0.05) is 11.6 Å². The normalized spacial score (nSPS) is 10.8. The highest BCUT2D eigenvalue weighted by Crippen LogP contribution is 2.17. The number of hydrogen-bond donors (Lipinski definition) is 0. The number of carbonyl (C=O) groups excluding carboxylic acids is 1. The molecule has 1 amide bonds. The molecule has 0 fully saturated rings. The molecular weight excluding hydrogens is 278 g/mol. The zero-order valence-corrected chi connectivity index (χ0v) is 12.8. The Morgan fingerprint density at radius 3 is 2.70 bits per heavy atom. The van der Waals surface area contributed by atoms with Gasteiger partial charge in [-0.25, -0.2) is 0 Å². The van der Waals surface area contributed by atoms with Crippen molar-refractivity contribution < 1.29 is 4.79 Å². The molecule has 0 N–H and O–H groups in total. The maximum absolute atomic E-state index is 12.3. The maximum Gasteiger partial charge on any atom is 0.275 e. The number of halogens is 1. The second kappa shape index (κ2) is 5.66. The van der Waals surface area contributed by atoms with Crippen LogP contribution in [0.3, 0.4) is 0 Å². The first-order chi connectivity index (χ1) is 9.43. The molecule has 0 saturated heterocycles. The number of hydrogen-bond acceptors (Lipinski definition) is 3. The first kappa shape index (κ1) is 14.6. The summed E-state index contributed by atoms with van der Waals surface area (Å²) in [6.07, 6.45) is 3.41. The molecule has 0 bridgehead atoms. The molecule has 0 saturated carbocycles. The molecule has 0 aliphatic rings. The van der Waals surface area contributed by atoms with Gasteiger partial charge in [0.1, 0.15) is 0 Å². The average molecular weight is 296 g/mol. The summed E-state index contributed by atoms with van der Waals surface area (Å²) in [6.45, 7) is 5.33. The van der Waals surface area contributed by atoms with E-state index in [-0.39, 0.29) is 11.6 Å². The molecule has 0 spiro atoms. The standard InChI is InChI=1S/C13H18ClN5O/c1-5-19-9(2)10(6-15-19)7-17(3)13(20)12-11(14)8-18(4)16-12/h6,8H,5,7H2,1-4H3. The first-order valence-corrected chi connectivity index (χ1v) is 6.77. The average Bonchev–Trinajstić information content (AvgIpc) is 2.92. The highest BCUT2D eigenvalue weighted by atomic mass is 35.5. The van der Waals surface area contributed by atoms with E-state index in [0.29, 0.717) is 11.6 Å². The van der Waals surface area contributed by atoms with Crippen molar-refractivity contribution in [2.45, 2.75) is 26.9 Å². The predicted octanol–water partition coefficient (Wildman–Crippen LogP) is 1.87. The molecule has 0 aromatic carbocycles. The number of aromatic nitrogens is 4. The van der Waals surface area contributed by atoms with E-state index in [1.54, 1.807) is 31.4 Å². The Morgan fingerprint density at radius 2 is 2.20 bits per heavy atom. The van der Waals surface area contributed by atoms with Gasteiger partial charge in [-0.05, 0) is 13.8 Å². The Labute approximate surface area is 122 Å². The van der Waals surface area contributed by atoms with Gasteiger partial charge in [-0.15, -0.1) is 0 Å². The summed E-state index contributed by atoms with van der Waals surface area (Å²) in [7, 11) is 3.47. The first-order valence-electron chi connectivity index (χ1n) is 6.40. The molecule has 108 valence electrons. The van der Waals surface area contributed by atoms with E-state index in [0.717, 1.165) is 17.8 Å². The molecular formula is C13H18ClN5O. The van der Waals surface area contributed by atoms with Crippen molar-refractivity contribution in [2.75, 3.05) is 7.05 Å². The van der Waals surface area contributed by atoms with Crippen LogP contribution >= 0.6 is 11.6 Å². The Hall–Kier alpha value is -1.82. The summed E-state index contributed by atoms with van der Waals surface area (Å²) in [5.74, 6) is -0.195. The molecule has 6 nitrogen and oxygen atoms in total. The van der Waals surface area contributed by atoms with Gasteiger partial charge in [0, 0.05) is 44.6 Å². The van der Waals surface area contributed by atoms with Crippen molar-refractivity contribution in [3.8, 4) is 0 Å². The van der Waals surface area contributed by atoms with E-state index in [1.807, 2.05) is 18.5 Å². The second-order valence-corrected chi connectivity index (χ2v) is 5.14. The van der Waals surface area contributed by atoms with Crippen LogP contribution in [0.15, 0.2) is 12.4 Å². The lowest BCUT2D eigenvalue weighted by atomic mass is 10.2. The van der Waals surface area contributed by atoms with Crippen molar-refractivity contribution in [3.63, 3.8) is 0 Å². The third kappa shape index (κ3) is 2.70. The lowest BCUT2D eigenvalue weighted by Crippen LogP contribution is -2.27. The van der Waals surface area contributed by atoms with Crippen LogP contribution in [0.5, 0.6) is 0 Å². The van der Waals surface area contributed by atoms with Gasteiger partial charge >= 0.3 is 0 Å². The largest absolute Gasteiger partial charge is 0.336 e. The molecule has 0 atom stereocenters. The smallest absolute Gasteiger partial charge is 0.275 e. The molecule has 2 heterocycles. The fourth-order valence-electron chi connectivity index (χ4n) is 2.07. The lowest BCUT2D eigenvalue weighted by molar-refractivity contribution is 0.0778. The van der Waals surface area contributed by atoms with Crippen LogP contribution in [0.1, 0.15) is 28.7 Å². The monoisotopic (exact) mass is 295 g/mol. The van der Waals surface area contributed by atoms with Crippen molar-refractivity contribution in [2.24, 2.45) is 7.05 Å². The molecule has 2 aromatic rings. The zero-order valence-electron chi connectivity index (χ0n) is 12.1. The van der Waals surface area contributed by atoms with Crippen LogP contribution in [0.25, 0.3) is 0 Å². The molecule has 0 unspecified atom stereocenters. The van der Waals surface area contributed by atoms with Gasteiger partial charge in [0.15, 0.2) is 5.69 Å². The van der Waals surface area contributed by atoms with Gasteiger partial charge in [-0.3, -0.25) is 14.2 Å². The molecule has 0 aliphatic heterocycles. The van der Waals surface area contributed by atoms with Gasteiger partial charge in [0.05, 0.1) is 11.2 Å². The van der Waals surface area contributed by atoms with E-state index in [4.69, 9.17) is 11.6 Å². The fraction of sp³-hybridized carbons (Fsp3) is 0.462. The van der Waals surface area contributed by atoms with Gasteiger partial charge in [-0.2, -0.15) is 10.2 Å². The number of carbonyl (C=O) groups is 1. The maximum atomic E-state index is 12.3. The summed E-state index contributed by atoms with van der Waals surface area (Å²) < 4.78 is 3.44. The number of amides is 1. The van der Waals surface area contributed by atoms with Crippen LogP contribution in [0, 0.1) is 6.92 Å². The molecule has 2 rings (SSSR count). The number of rotatable bonds is 4. The topological polar surface area (TPSA) is 56.0 Å². The zero-order chi connectivity index (χ0) is 14.9. The quantitative estimate of drug-likeness (QED) is 0.865. The Bertz CT molecular complexity index is 631. The van der Waals surface area contributed by atoms with Crippen LogP contribution < -0.4 is 0 Å². The summed E-state index contributed by atoms with van der Waals surface area (Å²) in [5, 5.41) is 8.73. The van der Waals surface area contributed by atoms with E-state index in [2.05, 4.69) is 10.2 Å². The predicted molar refractivity (Wildman–Crippen MR) is 76.7 cm³/mol. The summed E-state index contributed by atoms with van der Waals surface area (Å²) in [4.78, 5) is 13.9. The Morgan fingerprint density at radius 1 is 1.50 bits per heavy atom. The minimum atomic E-state index is -0.195. The minimum absolute atomic E-state index is 0.195. The van der Waals surface area contributed by atoms with Gasteiger partial charge in [0.2, 0.25) is 0 Å². The van der Waals surface area contributed by atoms with E-state index in [9.17, 15) is 4.79 Å². The molecule has 20 heavy (non-hydrogen) atoms. The van der Waals surface area contributed by atoms with Crippen LogP contribution in [0.4, 0.5) is 0 Å². The minimum Gasteiger partial charge on any atom is -0.336 e. The Balaban J connectivity index is 2.15. The van der Waals surface area contributed by atoms with Gasteiger partial charge in [0.25, 0.3) is 5.91 Å². The van der Waals surface area contributed by atoms with E-state index in [1.165, 1.54) is 4.68 Å². The molecule has 0 radical (unpaired) electrons. The molecule has 2 aromatic heterocycles. The van der Waals surface area contributed by atoms with Crippen molar-refractivity contribution in [3.05, 3.63) is 34.4 Å². The van der Waals surface area contributed by atoms with E-state index >= 15 is 0 Å². The Kier molecular flexibility index (Phi) is 4.13. The summed E-state index contributed by atoms with van der Waals surface area (Å²) in [6, 6.07) is 0. The van der Waals surface area contributed by atoms with Crippen LogP contribution in [-0.4, -0.2) is 37.4 Å².